The van der Waals surface area contributed by atoms with E-state index < -0.39 is 243 Å². The number of carbonyl (C=O) groups is 18. The Morgan fingerprint density at radius 1 is 0.460 bits per heavy atom. The van der Waals surface area contributed by atoms with Crippen LogP contribution in [0.1, 0.15) is 117 Å². The van der Waals surface area contributed by atoms with Crippen LogP contribution in [0, 0.1) is 17.8 Å². The number of aromatic amines is 1. The molecule has 0 saturated heterocycles. The van der Waals surface area contributed by atoms with E-state index in [9.17, 15) is 112 Å². The second-order valence-electron chi connectivity index (χ2n) is 27.6. The predicted octanol–water partition coefficient (Wildman–Crippen LogP) is -7.62. The van der Waals surface area contributed by atoms with Crippen molar-refractivity contribution in [3.8, 4) is 5.75 Å². The number of H-pyrrole nitrogens is 1. The first-order chi connectivity index (χ1) is 53.1. The van der Waals surface area contributed by atoms with Gasteiger partial charge in [-0.1, -0.05) is 90.4 Å². The van der Waals surface area contributed by atoms with Crippen molar-refractivity contribution in [2.45, 2.75) is 198 Å². The first kappa shape index (κ1) is 95.0. The van der Waals surface area contributed by atoms with Crippen LogP contribution in [0.5, 0.6) is 5.75 Å². The molecule has 0 fully saturated rings. The van der Waals surface area contributed by atoms with E-state index in [0.29, 0.717) is 11.1 Å². The lowest BCUT2D eigenvalue weighted by Gasteiger charge is -2.29. The maximum absolute atomic E-state index is 14.2. The number of carboxylic acids is 2. The van der Waals surface area contributed by atoms with Gasteiger partial charge in [0, 0.05) is 31.9 Å². The number of hydrogen-bond donors (Lipinski definition) is 23. The molecule has 1 aromatic heterocycles. The number of phenolic OH excluding ortho intramolecular Hbond substituents is 1. The van der Waals surface area contributed by atoms with E-state index in [4.69, 9.17) is 17.2 Å². The van der Waals surface area contributed by atoms with Crippen molar-refractivity contribution in [3.63, 3.8) is 0 Å². The van der Waals surface area contributed by atoms with Crippen LogP contribution in [0.15, 0.2) is 67.1 Å². The summed E-state index contributed by atoms with van der Waals surface area (Å²) in [5, 5.41) is 83.0. The Morgan fingerprint density at radius 3 is 1.37 bits per heavy atom. The molecule has 0 saturated carbocycles. The number of aliphatic hydroxyl groups excluding tert-OH is 2. The van der Waals surface area contributed by atoms with Crippen molar-refractivity contribution < 1.29 is 112 Å². The van der Waals surface area contributed by atoms with Gasteiger partial charge in [-0.25, -0.2) is 4.98 Å². The fraction of sp³-hybridized carbons (Fsp3) is 0.535. The molecule has 0 aliphatic heterocycles. The minimum absolute atomic E-state index is 0.0474. The third kappa shape index (κ3) is 35.1. The van der Waals surface area contributed by atoms with Crippen LogP contribution in [-0.2, 0) is 106 Å². The fourth-order valence-corrected chi connectivity index (χ4v) is 10.7. The summed E-state index contributed by atoms with van der Waals surface area (Å²) in [6.45, 7) is 8.72. The number of amides is 16. The van der Waals surface area contributed by atoms with Crippen molar-refractivity contribution in [2.75, 3.05) is 26.2 Å². The molecule has 16 amide bonds. The average Bonchev–Trinajstić information content (AvgIpc) is 1.90. The van der Waals surface area contributed by atoms with E-state index in [0.717, 1.165) is 6.92 Å². The molecular weight excluding hydrogens is 1490 g/mol. The molecule has 3 rings (SSSR count). The number of aliphatic hydroxyl groups is 2. The molecule has 42 heteroatoms. The zero-order valence-corrected chi connectivity index (χ0v) is 63.8. The van der Waals surface area contributed by atoms with Crippen molar-refractivity contribution >= 4 is 106 Å². The number of carboxylic acid groups (broad SMARTS) is 2. The standard InChI is InChI=1S/C71H105N19O23/c1-9-36(6)58(89-63(104)44(19-20-52(73)94)84-68(109)50(27-57(99)100)87-67(108)48(24-40-15-17-42(93)18-16-40)85-60(101)43(72)26-53(74)95)70(111)90-59(38(8)92)69(110)78-31-56(98)81-45(21-34(2)3)65(106)86-49(25-41-28-75-33-79-41)61(102)76-29-54(96)82-46(22-35(4)5)66(107)88-51(32-91)62(103)77-30-55(97)83-47(23-39-13-11-10-12-14-39)64(105)80-37(7)71(112)113/h10-18,28,33-38,43-51,58-59,91-93H,9,19-27,29-32,72H2,1-8H3,(H2,73,94)(H2,74,95)(H,75,79)(H,76,102)(H,77,103)(H,78,110)(H,80,105)(H,81,98)(H,82,96)(H,83,97)(H,84,109)(H,85,101)(H,86,106)(H,87,108)(H,88,107)(H,89,104)(H,90,111)(H,99,100)(H,112,113)/t36-,37-,38+,43-,44-,45-,46-,47-,48-,49-,50-,51-,58-,59-/m0/s1. The van der Waals surface area contributed by atoms with Crippen LogP contribution in [-0.4, -0.2) is 247 Å². The Morgan fingerprint density at radius 2 is 0.894 bits per heavy atom. The van der Waals surface area contributed by atoms with Crippen molar-refractivity contribution in [3.05, 3.63) is 83.9 Å². The fourth-order valence-electron chi connectivity index (χ4n) is 10.7. The number of nitrogens with zero attached hydrogens (tertiary/aromatic N) is 1. The first-order valence-corrected chi connectivity index (χ1v) is 36.1. The van der Waals surface area contributed by atoms with Crippen LogP contribution < -0.4 is 91.6 Å². The molecule has 42 nitrogen and oxygen atoms in total. The molecule has 113 heavy (non-hydrogen) atoms. The number of nitrogens with one attached hydrogen (secondary N) is 15. The molecule has 1 heterocycles. The van der Waals surface area contributed by atoms with Gasteiger partial charge in [-0.15, -0.1) is 0 Å². The van der Waals surface area contributed by atoms with E-state index in [2.05, 4.69) is 84.4 Å². The largest absolute Gasteiger partial charge is 0.508 e. The minimum atomic E-state index is -2.03. The summed E-state index contributed by atoms with van der Waals surface area (Å²) in [6.07, 6.45) is -2.70. The van der Waals surface area contributed by atoms with Crippen molar-refractivity contribution in [1.29, 1.82) is 0 Å². The van der Waals surface area contributed by atoms with Gasteiger partial charge in [-0.3, -0.25) is 86.3 Å². The van der Waals surface area contributed by atoms with Crippen LogP contribution in [0.3, 0.4) is 0 Å². The number of phenols is 1. The third-order valence-electron chi connectivity index (χ3n) is 17.0. The normalized spacial score (nSPS) is 14.8. The van der Waals surface area contributed by atoms with E-state index >= 15 is 0 Å². The lowest BCUT2D eigenvalue weighted by molar-refractivity contribution is -0.142. The molecular formula is C71H105N19O23. The highest BCUT2D eigenvalue weighted by Gasteiger charge is 2.38. The van der Waals surface area contributed by atoms with E-state index in [1.807, 2.05) is 0 Å². The molecule has 0 spiro atoms. The molecule has 26 N–H and O–H groups in total. The van der Waals surface area contributed by atoms with E-state index in [-0.39, 0.29) is 61.8 Å². The second-order valence-corrected chi connectivity index (χ2v) is 27.6. The Kier molecular flexibility index (Phi) is 40.2. The van der Waals surface area contributed by atoms with Gasteiger partial charge < -0.3 is 122 Å². The topological polar surface area (TPSA) is 684 Å². The molecule has 0 bridgehead atoms. The van der Waals surface area contributed by atoms with Gasteiger partial charge in [0.05, 0.1) is 63.2 Å². The summed E-state index contributed by atoms with van der Waals surface area (Å²) in [5.74, 6) is -21.2. The number of aromatic nitrogens is 2. The van der Waals surface area contributed by atoms with E-state index in [1.54, 1.807) is 65.0 Å². The van der Waals surface area contributed by atoms with E-state index in [1.165, 1.54) is 50.6 Å². The van der Waals surface area contributed by atoms with Gasteiger partial charge in [0.15, 0.2) is 0 Å². The average molecular weight is 1590 g/mol. The number of rotatable bonds is 50. The summed E-state index contributed by atoms with van der Waals surface area (Å²) in [6, 6.07) is -5.47. The number of nitrogens with two attached hydrogens (primary N) is 3. The predicted molar refractivity (Wildman–Crippen MR) is 397 cm³/mol. The molecule has 0 unspecified atom stereocenters. The molecule has 0 aliphatic rings. The van der Waals surface area contributed by atoms with Crippen LogP contribution >= 0.6 is 0 Å². The number of aromatic hydroxyl groups is 1. The summed E-state index contributed by atoms with van der Waals surface area (Å²) in [7, 11) is 0. The Labute approximate surface area is 649 Å². The zero-order chi connectivity index (χ0) is 84.9. The molecule has 3 aromatic rings. The van der Waals surface area contributed by atoms with Crippen LogP contribution in [0.2, 0.25) is 0 Å². The minimum Gasteiger partial charge on any atom is -0.508 e. The van der Waals surface area contributed by atoms with Gasteiger partial charge in [-0.2, -0.15) is 0 Å². The molecule has 622 valence electrons. The molecule has 0 aliphatic carbocycles. The summed E-state index contributed by atoms with van der Waals surface area (Å²) >= 11 is 0. The number of primary amides is 2. The molecule has 14 atom stereocenters. The van der Waals surface area contributed by atoms with Gasteiger partial charge >= 0.3 is 11.9 Å². The maximum atomic E-state index is 14.2. The first-order valence-electron chi connectivity index (χ1n) is 36.1. The number of carbonyl (C=O) groups excluding carboxylic acids is 16. The van der Waals surface area contributed by atoms with Crippen molar-refractivity contribution in [2.24, 2.45) is 35.0 Å². The highest BCUT2D eigenvalue weighted by atomic mass is 16.4. The number of benzene rings is 2. The molecule has 2 aromatic carbocycles. The Balaban J connectivity index is 1.74. The highest BCUT2D eigenvalue weighted by molar-refractivity contribution is 6.00. The maximum Gasteiger partial charge on any atom is 0.325 e. The number of hydrogen-bond acceptors (Lipinski definition) is 23. The van der Waals surface area contributed by atoms with Gasteiger partial charge in [-0.05, 0) is 74.1 Å². The monoisotopic (exact) mass is 1590 g/mol. The van der Waals surface area contributed by atoms with Crippen molar-refractivity contribution in [1.82, 2.24) is 84.4 Å². The molecule has 0 radical (unpaired) electrons. The van der Waals surface area contributed by atoms with Gasteiger partial charge in [0.25, 0.3) is 0 Å². The summed E-state index contributed by atoms with van der Waals surface area (Å²) in [4.78, 5) is 246. The zero-order valence-electron chi connectivity index (χ0n) is 63.8. The lowest BCUT2D eigenvalue weighted by atomic mass is 9.96. The second kappa shape index (κ2) is 47.8. The summed E-state index contributed by atoms with van der Waals surface area (Å²) < 4.78 is 0. The Hall–Kier alpha value is -12.2. The van der Waals surface area contributed by atoms with Crippen LogP contribution in [0.4, 0.5) is 0 Å². The summed E-state index contributed by atoms with van der Waals surface area (Å²) in [5.41, 5.74) is 17.5. The smallest absolute Gasteiger partial charge is 0.325 e. The third-order valence-corrected chi connectivity index (χ3v) is 17.0. The van der Waals surface area contributed by atoms with Gasteiger partial charge in [0.2, 0.25) is 94.5 Å². The highest BCUT2D eigenvalue weighted by Crippen LogP contribution is 2.16. The quantitative estimate of drug-likeness (QED) is 0.0250. The Bertz CT molecular complexity index is 3790. The van der Waals surface area contributed by atoms with Crippen LogP contribution in [0.25, 0.3) is 0 Å². The number of imidazole rings is 1. The van der Waals surface area contributed by atoms with Gasteiger partial charge in [0.1, 0.15) is 72.2 Å². The lowest BCUT2D eigenvalue weighted by Crippen LogP contribution is -2.62. The number of aliphatic carboxylic acids is 2. The SMILES string of the molecule is CC[C@H](C)[C@H](NC(=O)[C@H](CCC(N)=O)NC(=O)[C@H](CC(=O)O)NC(=O)[C@H](Cc1ccc(O)cc1)NC(=O)[C@@H](N)CC(N)=O)C(=O)N[C@H](C(=O)NCC(=O)N[C@@H](CC(C)C)C(=O)N[C@@H](Cc1c[nH]cn1)C(=O)NCC(=O)N[C@@H](CC(C)C)C(=O)N[C@@H](CO)C(=O)NCC(=O)N[C@@H](Cc1ccccc1)C(=O)N[C@@H](C)C(=O)O)[C@@H](C)O.